The normalized spacial score (nSPS) is 18.1. The van der Waals surface area contributed by atoms with E-state index in [1.807, 2.05) is 0 Å². The van der Waals surface area contributed by atoms with Crippen LogP contribution in [0.2, 0.25) is 0 Å². The number of nitrogens with zero attached hydrogens (tertiary/aromatic N) is 1. The summed E-state index contributed by atoms with van der Waals surface area (Å²) >= 11 is 0. The van der Waals surface area contributed by atoms with Gasteiger partial charge in [-0.15, -0.1) is 0 Å². The van der Waals surface area contributed by atoms with Gasteiger partial charge in [-0.1, -0.05) is 0 Å². The van der Waals surface area contributed by atoms with Crippen LogP contribution >= 0.6 is 0 Å². The van der Waals surface area contributed by atoms with Crippen LogP contribution in [0, 0.1) is 0 Å². The molecular weight excluding hydrogens is 94.0 g/mol. The fourth-order valence-electron chi connectivity index (χ4n) is 0.371. The van der Waals surface area contributed by atoms with Gasteiger partial charge in [-0.3, -0.25) is 0 Å². The minimum atomic E-state index is 0.500. The number of hydroxylamine groups is 1. The first-order valence-electron chi connectivity index (χ1n) is 2.01. The van der Waals surface area contributed by atoms with Crippen LogP contribution in [0.3, 0.4) is 0 Å². The van der Waals surface area contributed by atoms with E-state index >= 15 is 0 Å². The van der Waals surface area contributed by atoms with E-state index < -0.39 is 0 Å². The molecule has 0 aliphatic carbocycles. The lowest BCUT2D eigenvalue weighted by molar-refractivity contribution is 0.0216. The molecule has 0 atom stereocenters. The highest BCUT2D eigenvalue weighted by molar-refractivity contribution is 4.88. The molecule has 1 aliphatic rings. The molecule has 0 saturated carbocycles. The molecule has 0 unspecified atom stereocenters. The highest BCUT2D eigenvalue weighted by atomic mass is 16.8. The smallest absolute Gasteiger partial charge is 0.298 e. The first-order valence-corrected chi connectivity index (χ1v) is 2.01. The lowest BCUT2D eigenvalue weighted by Crippen LogP contribution is -1.95. The summed E-state index contributed by atoms with van der Waals surface area (Å²) < 4.78 is 4.66. The molecule has 1 heterocycles. The SMILES string of the molecule is COC1=CC[N]O1. The maximum absolute atomic E-state index is 4.66. The molecule has 3 heteroatoms. The van der Waals surface area contributed by atoms with Crippen molar-refractivity contribution in [2.75, 3.05) is 13.7 Å². The number of ether oxygens (including phenoxy) is 1. The summed E-state index contributed by atoms with van der Waals surface area (Å²) in [6.45, 7) is 0.614. The third kappa shape index (κ3) is 0.838. The van der Waals surface area contributed by atoms with Crippen molar-refractivity contribution in [3.05, 3.63) is 12.0 Å². The second-order valence-electron chi connectivity index (χ2n) is 1.13. The van der Waals surface area contributed by atoms with Gasteiger partial charge in [-0.25, -0.2) is 0 Å². The monoisotopic (exact) mass is 100 g/mol. The fraction of sp³-hybridized carbons (Fsp3) is 0.500. The van der Waals surface area contributed by atoms with Gasteiger partial charge in [0.15, 0.2) is 0 Å². The average molecular weight is 100 g/mol. The summed E-state index contributed by atoms with van der Waals surface area (Å²) in [4.78, 5) is 4.57. The fourth-order valence-corrected chi connectivity index (χ4v) is 0.371. The molecule has 7 heavy (non-hydrogen) atoms. The third-order valence-electron chi connectivity index (χ3n) is 0.688. The molecular formula is C4H6NO2. The Kier molecular flexibility index (Phi) is 1.17. The van der Waals surface area contributed by atoms with E-state index in [0.717, 1.165) is 0 Å². The van der Waals surface area contributed by atoms with Gasteiger partial charge in [0.25, 0.3) is 5.95 Å². The zero-order valence-electron chi connectivity index (χ0n) is 4.05. The Balaban J connectivity index is 2.36. The van der Waals surface area contributed by atoms with E-state index in [4.69, 9.17) is 0 Å². The third-order valence-corrected chi connectivity index (χ3v) is 0.688. The number of hydrogen-bond acceptors (Lipinski definition) is 2. The van der Waals surface area contributed by atoms with Crippen LogP contribution in [-0.4, -0.2) is 13.7 Å². The van der Waals surface area contributed by atoms with Crippen molar-refractivity contribution in [2.24, 2.45) is 0 Å². The average Bonchev–Trinajstić information content (AvgIpc) is 2.14. The molecule has 1 aliphatic heterocycles. The molecule has 0 aromatic rings. The van der Waals surface area contributed by atoms with Crippen molar-refractivity contribution in [1.29, 1.82) is 0 Å². The second kappa shape index (κ2) is 1.84. The topological polar surface area (TPSA) is 32.6 Å². The standard InChI is InChI=1S/C4H6NO2/c1-6-4-2-3-5-7-4/h2H,3H2,1H3. The Labute approximate surface area is 41.9 Å². The number of hydrogen-bond donors (Lipinski definition) is 0. The van der Waals surface area contributed by atoms with Gasteiger partial charge in [-0.2, -0.15) is 0 Å². The summed E-state index contributed by atoms with van der Waals surface area (Å²) in [5.74, 6) is 0.500. The van der Waals surface area contributed by atoms with E-state index in [0.29, 0.717) is 12.5 Å². The van der Waals surface area contributed by atoms with Crippen molar-refractivity contribution in [1.82, 2.24) is 5.48 Å². The Morgan fingerprint density at radius 2 is 2.86 bits per heavy atom. The van der Waals surface area contributed by atoms with Crippen LogP contribution in [0.1, 0.15) is 0 Å². The summed E-state index contributed by atoms with van der Waals surface area (Å²) in [6, 6.07) is 0. The van der Waals surface area contributed by atoms with Crippen molar-refractivity contribution in [2.45, 2.75) is 0 Å². The summed E-state index contributed by atoms with van der Waals surface area (Å²) in [6.07, 6.45) is 1.76. The van der Waals surface area contributed by atoms with Gasteiger partial charge in [0, 0.05) is 6.08 Å². The predicted molar refractivity (Wildman–Crippen MR) is 23.2 cm³/mol. The first-order chi connectivity index (χ1) is 3.43. The number of rotatable bonds is 1. The van der Waals surface area contributed by atoms with Crippen molar-refractivity contribution >= 4 is 0 Å². The lowest BCUT2D eigenvalue weighted by atomic mass is 10.6. The molecule has 0 saturated heterocycles. The van der Waals surface area contributed by atoms with Crippen molar-refractivity contribution in [3.63, 3.8) is 0 Å². The Bertz CT molecular complexity index is 89.7. The maximum atomic E-state index is 4.66. The second-order valence-corrected chi connectivity index (χ2v) is 1.13. The van der Waals surface area contributed by atoms with Crippen LogP contribution in [0.15, 0.2) is 12.0 Å². The minimum Gasteiger partial charge on any atom is -0.468 e. The highest BCUT2D eigenvalue weighted by Crippen LogP contribution is 2.00. The van der Waals surface area contributed by atoms with E-state index in [2.05, 4.69) is 15.1 Å². The molecule has 0 fully saturated rings. The minimum absolute atomic E-state index is 0.500. The molecule has 0 aromatic heterocycles. The van der Waals surface area contributed by atoms with Gasteiger partial charge >= 0.3 is 0 Å². The number of methoxy groups -OCH3 is 1. The van der Waals surface area contributed by atoms with Gasteiger partial charge in [0.1, 0.15) is 0 Å². The largest absolute Gasteiger partial charge is 0.468 e. The van der Waals surface area contributed by atoms with Gasteiger partial charge < -0.3 is 9.57 Å². The van der Waals surface area contributed by atoms with Crippen LogP contribution < -0.4 is 5.48 Å². The molecule has 0 spiro atoms. The van der Waals surface area contributed by atoms with E-state index in [1.54, 1.807) is 13.2 Å². The summed E-state index contributed by atoms with van der Waals surface area (Å²) in [5, 5.41) is 0. The van der Waals surface area contributed by atoms with Gasteiger partial charge in [0.2, 0.25) is 0 Å². The molecule has 3 nitrogen and oxygen atoms in total. The van der Waals surface area contributed by atoms with E-state index in [9.17, 15) is 0 Å². The molecule has 0 bridgehead atoms. The summed E-state index contributed by atoms with van der Waals surface area (Å²) in [5.41, 5.74) is 3.52. The lowest BCUT2D eigenvalue weighted by Gasteiger charge is -1.94. The van der Waals surface area contributed by atoms with Gasteiger partial charge in [0.05, 0.1) is 13.7 Å². The molecule has 0 N–H and O–H groups in total. The molecule has 39 valence electrons. The quantitative estimate of drug-likeness (QED) is 0.465. The molecule has 0 amide bonds. The van der Waals surface area contributed by atoms with E-state index in [1.165, 1.54) is 0 Å². The van der Waals surface area contributed by atoms with Crippen molar-refractivity contribution < 1.29 is 9.57 Å². The van der Waals surface area contributed by atoms with Crippen LogP contribution in [0.25, 0.3) is 0 Å². The maximum Gasteiger partial charge on any atom is 0.298 e. The van der Waals surface area contributed by atoms with Gasteiger partial charge in [-0.05, 0) is 5.48 Å². The molecule has 0 aromatic carbocycles. The zero-order valence-corrected chi connectivity index (χ0v) is 4.05. The molecule has 1 radical (unpaired) electrons. The Morgan fingerprint density at radius 1 is 2.00 bits per heavy atom. The Hall–Kier alpha value is -0.700. The Morgan fingerprint density at radius 3 is 3.14 bits per heavy atom. The zero-order chi connectivity index (χ0) is 5.11. The van der Waals surface area contributed by atoms with Crippen molar-refractivity contribution in [3.8, 4) is 0 Å². The summed E-state index contributed by atoms with van der Waals surface area (Å²) in [7, 11) is 1.55. The van der Waals surface area contributed by atoms with Crippen LogP contribution in [-0.2, 0) is 9.57 Å². The highest BCUT2D eigenvalue weighted by Gasteiger charge is 2.03. The predicted octanol–water partition coefficient (Wildman–Crippen LogP) is 0.0238. The first kappa shape index (κ1) is 4.46. The van der Waals surface area contributed by atoms with E-state index in [-0.39, 0.29) is 0 Å². The van der Waals surface area contributed by atoms with Crippen LogP contribution in [0.4, 0.5) is 0 Å². The molecule has 1 rings (SSSR count). The van der Waals surface area contributed by atoms with Crippen LogP contribution in [0.5, 0.6) is 0 Å².